The Morgan fingerprint density at radius 3 is 2.88 bits per heavy atom. The van der Waals surface area contributed by atoms with Gasteiger partial charge in [0.25, 0.3) is 0 Å². The molecule has 1 atom stereocenters. The van der Waals surface area contributed by atoms with Gasteiger partial charge in [0, 0.05) is 18.5 Å². The maximum Gasteiger partial charge on any atom is 0.0717 e. The Bertz CT molecular complexity index is 317. The number of hydrogen-bond acceptors (Lipinski definition) is 2. The zero-order valence-electron chi connectivity index (χ0n) is 10.1. The van der Waals surface area contributed by atoms with Gasteiger partial charge in [0.15, 0.2) is 0 Å². The van der Waals surface area contributed by atoms with Crippen molar-refractivity contribution in [3.05, 3.63) is 35.9 Å². The minimum Gasteiger partial charge on any atom is -0.375 e. The van der Waals surface area contributed by atoms with Crippen LogP contribution < -0.4 is 0 Å². The minimum absolute atomic E-state index is 0.331. The number of piperidine rings is 1. The summed E-state index contributed by atoms with van der Waals surface area (Å²) in [6.45, 7) is 4.67. The summed E-state index contributed by atoms with van der Waals surface area (Å²) in [5, 5.41) is 0.331. The van der Waals surface area contributed by atoms with E-state index >= 15 is 0 Å². The van der Waals surface area contributed by atoms with E-state index in [0.29, 0.717) is 12.0 Å². The smallest absolute Gasteiger partial charge is 0.0717 e. The molecule has 1 fully saturated rings. The van der Waals surface area contributed by atoms with Gasteiger partial charge < -0.3 is 4.74 Å². The molecule has 0 aromatic heterocycles. The monoisotopic (exact) mass is 253 g/mol. The van der Waals surface area contributed by atoms with Crippen molar-refractivity contribution in [1.82, 2.24) is 4.90 Å². The van der Waals surface area contributed by atoms with Gasteiger partial charge in [-0.1, -0.05) is 30.3 Å². The van der Waals surface area contributed by atoms with Crippen molar-refractivity contribution in [3.8, 4) is 0 Å². The maximum absolute atomic E-state index is 6.14. The van der Waals surface area contributed by atoms with Crippen molar-refractivity contribution in [2.75, 3.05) is 26.2 Å². The van der Waals surface area contributed by atoms with E-state index in [9.17, 15) is 0 Å². The topological polar surface area (TPSA) is 12.5 Å². The third-order valence-electron chi connectivity index (χ3n) is 3.11. The van der Waals surface area contributed by atoms with Crippen LogP contribution in [0.15, 0.2) is 30.3 Å². The van der Waals surface area contributed by atoms with Gasteiger partial charge >= 0.3 is 0 Å². The number of nitrogens with zero attached hydrogens (tertiary/aromatic N) is 1. The second-order valence-corrected chi connectivity index (χ2v) is 5.20. The molecule has 2 rings (SSSR count). The quantitative estimate of drug-likeness (QED) is 0.591. The van der Waals surface area contributed by atoms with Crippen LogP contribution in [-0.2, 0) is 11.3 Å². The molecule has 1 saturated heterocycles. The van der Waals surface area contributed by atoms with Crippen molar-refractivity contribution in [1.29, 1.82) is 0 Å². The summed E-state index contributed by atoms with van der Waals surface area (Å²) in [7, 11) is 0. The van der Waals surface area contributed by atoms with Crippen LogP contribution in [0.3, 0.4) is 0 Å². The largest absolute Gasteiger partial charge is 0.375 e. The van der Waals surface area contributed by atoms with Crippen LogP contribution in [0.25, 0.3) is 0 Å². The first-order valence-corrected chi connectivity index (χ1v) is 6.76. The third-order valence-corrected chi connectivity index (χ3v) is 3.47. The standard InChI is InChI=1S/C14H20ClNO/c15-14-7-4-8-16(11-14)9-10-17-12-13-5-2-1-3-6-13/h1-3,5-6,14H,4,7-12H2. The molecule has 0 amide bonds. The number of alkyl halides is 1. The number of ether oxygens (including phenoxy) is 1. The lowest BCUT2D eigenvalue weighted by Gasteiger charge is -2.29. The molecule has 94 valence electrons. The molecule has 0 N–H and O–H groups in total. The summed E-state index contributed by atoms with van der Waals surface area (Å²) in [6.07, 6.45) is 2.37. The predicted octanol–water partition coefficient (Wildman–Crippen LogP) is 2.91. The van der Waals surface area contributed by atoms with Gasteiger partial charge in [0.05, 0.1) is 13.2 Å². The van der Waals surface area contributed by atoms with Gasteiger partial charge in [0.1, 0.15) is 0 Å². The second kappa shape index (κ2) is 7.00. The summed E-state index contributed by atoms with van der Waals surface area (Å²) in [6, 6.07) is 10.3. The first-order valence-electron chi connectivity index (χ1n) is 6.32. The van der Waals surface area contributed by atoms with E-state index in [0.717, 1.165) is 32.7 Å². The first-order chi connectivity index (χ1) is 8.34. The molecule has 0 aliphatic carbocycles. The molecule has 2 nitrogen and oxygen atoms in total. The number of halogens is 1. The van der Waals surface area contributed by atoms with Crippen molar-refractivity contribution < 1.29 is 4.74 Å². The average Bonchev–Trinajstić information content (AvgIpc) is 2.36. The van der Waals surface area contributed by atoms with Crippen LogP contribution in [-0.4, -0.2) is 36.5 Å². The van der Waals surface area contributed by atoms with Gasteiger partial charge in [-0.15, -0.1) is 11.6 Å². The Hall–Kier alpha value is -0.570. The lowest BCUT2D eigenvalue weighted by molar-refractivity contribution is 0.0869. The molecule has 1 heterocycles. The molecule has 0 spiro atoms. The molecule has 0 bridgehead atoms. The van der Waals surface area contributed by atoms with Crippen molar-refractivity contribution >= 4 is 11.6 Å². The van der Waals surface area contributed by atoms with E-state index < -0.39 is 0 Å². The summed E-state index contributed by atoms with van der Waals surface area (Å²) in [4.78, 5) is 2.40. The summed E-state index contributed by atoms with van der Waals surface area (Å²) >= 11 is 6.14. The van der Waals surface area contributed by atoms with Crippen LogP contribution in [0.2, 0.25) is 0 Å². The lowest BCUT2D eigenvalue weighted by Crippen LogP contribution is -2.37. The normalized spacial score (nSPS) is 21.6. The number of likely N-dealkylation sites (tertiary alicyclic amines) is 1. The number of benzene rings is 1. The van der Waals surface area contributed by atoms with E-state index in [1.807, 2.05) is 18.2 Å². The summed E-state index contributed by atoms with van der Waals surface area (Å²) < 4.78 is 5.67. The molecule has 0 saturated carbocycles. The van der Waals surface area contributed by atoms with Crippen LogP contribution in [0.1, 0.15) is 18.4 Å². The minimum atomic E-state index is 0.331. The molecule has 1 aromatic rings. The summed E-state index contributed by atoms with van der Waals surface area (Å²) in [5.41, 5.74) is 1.24. The second-order valence-electron chi connectivity index (χ2n) is 4.58. The Morgan fingerprint density at radius 2 is 2.12 bits per heavy atom. The highest BCUT2D eigenvalue weighted by molar-refractivity contribution is 6.20. The van der Waals surface area contributed by atoms with Crippen LogP contribution in [0.5, 0.6) is 0 Å². The highest BCUT2D eigenvalue weighted by Gasteiger charge is 2.16. The van der Waals surface area contributed by atoms with Crippen LogP contribution in [0.4, 0.5) is 0 Å². The fourth-order valence-electron chi connectivity index (χ4n) is 2.16. The fraction of sp³-hybridized carbons (Fsp3) is 0.571. The van der Waals surface area contributed by atoms with E-state index in [-0.39, 0.29) is 0 Å². The first kappa shape index (κ1) is 12.9. The molecule has 1 aliphatic heterocycles. The molecule has 0 radical (unpaired) electrons. The van der Waals surface area contributed by atoms with Crippen LogP contribution in [0, 0.1) is 0 Å². The van der Waals surface area contributed by atoms with Gasteiger partial charge in [-0.2, -0.15) is 0 Å². The Balaban J connectivity index is 1.60. The Labute approximate surface area is 109 Å². The van der Waals surface area contributed by atoms with Crippen molar-refractivity contribution in [2.45, 2.75) is 24.8 Å². The highest BCUT2D eigenvalue weighted by atomic mass is 35.5. The SMILES string of the molecule is ClC1CCCN(CCOCc2ccccc2)C1. The van der Waals surface area contributed by atoms with E-state index in [1.165, 1.54) is 12.0 Å². The summed E-state index contributed by atoms with van der Waals surface area (Å²) in [5.74, 6) is 0. The zero-order chi connectivity index (χ0) is 11.9. The van der Waals surface area contributed by atoms with Gasteiger partial charge in [-0.25, -0.2) is 0 Å². The fourth-order valence-corrected chi connectivity index (χ4v) is 2.51. The number of rotatable bonds is 5. The molecular weight excluding hydrogens is 234 g/mol. The molecule has 3 heteroatoms. The third kappa shape index (κ3) is 4.66. The zero-order valence-corrected chi connectivity index (χ0v) is 10.9. The highest BCUT2D eigenvalue weighted by Crippen LogP contribution is 2.14. The molecule has 1 unspecified atom stereocenters. The number of hydrogen-bond donors (Lipinski definition) is 0. The molecule has 17 heavy (non-hydrogen) atoms. The predicted molar refractivity (Wildman–Crippen MR) is 71.4 cm³/mol. The van der Waals surface area contributed by atoms with E-state index in [1.54, 1.807) is 0 Å². The Morgan fingerprint density at radius 1 is 1.29 bits per heavy atom. The van der Waals surface area contributed by atoms with E-state index in [4.69, 9.17) is 16.3 Å². The molecule has 1 aliphatic rings. The molecule has 1 aromatic carbocycles. The van der Waals surface area contributed by atoms with Crippen molar-refractivity contribution in [2.24, 2.45) is 0 Å². The Kier molecular flexibility index (Phi) is 5.30. The lowest BCUT2D eigenvalue weighted by atomic mass is 10.1. The van der Waals surface area contributed by atoms with Gasteiger partial charge in [-0.05, 0) is 24.9 Å². The van der Waals surface area contributed by atoms with Gasteiger partial charge in [0.2, 0.25) is 0 Å². The molecular formula is C14H20ClNO. The maximum atomic E-state index is 6.14. The average molecular weight is 254 g/mol. The van der Waals surface area contributed by atoms with E-state index in [2.05, 4.69) is 17.0 Å². The van der Waals surface area contributed by atoms with Crippen LogP contribution >= 0.6 is 11.6 Å². The van der Waals surface area contributed by atoms with Crippen molar-refractivity contribution in [3.63, 3.8) is 0 Å². The van der Waals surface area contributed by atoms with Gasteiger partial charge in [-0.3, -0.25) is 4.90 Å².